The molecule has 0 bridgehead atoms. The molecule has 2 amide bonds. The largest absolute Gasteiger partial charge is 0.496 e. The highest BCUT2D eigenvalue weighted by Gasteiger charge is 2.34. The summed E-state index contributed by atoms with van der Waals surface area (Å²) >= 11 is 0. The smallest absolute Gasteiger partial charge is 0.437 e. The van der Waals surface area contributed by atoms with Crippen LogP contribution in [0.4, 0.5) is 4.39 Å². The van der Waals surface area contributed by atoms with Gasteiger partial charge in [0, 0.05) is 24.2 Å². The van der Waals surface area contributed by atoms with Crippen molar-refractivity contribution in [1.82, 2.24) is 14.7 Å². The van der Waals surface area contributed by atoms with Crippen LogP contribution in [0.2, 0.25) is 0 Å². The van der Waals surface area contributed by atoms with Gasteiger partial charge in [-0.3, -0.25) is 14.5 Å². The number of nitrogens with zero attached hydrogens (tertiary/aromatic N) is 3. The number of ether oxygens (including phenoxy) is 1. The second-order valence-corrected chi connectivity index (χ2v) is 7.98. The molecule has 8 nitrogen and oxygen atoms in total. The van der Waals surface area contributed by atoms with Gasteiger partial charge in [-0.1, -0.05) is 24.3 Å². The fraction of sp³-hybridized carbons (Fsp3) is 0.154. The molecule has 4 aromatic rings. The lowest BCUT2D eigenvalue weighted by Gasteiger charge is -2.12. The van der Waals surface area contributed by atoms with Crippen molar-refractivity contribution in [3.05, 3.63) is 94.2 Å². The van der Waals surface area contributed by atoms with Gasteiger partial charge in [0.2, 0.25) is 5.89 Å². The summed E-state index contributed by atoms with van der Waals surface area (Å²) in [5.74, 6) is -1.14. The summed E-state index contributed by atoms with van der Waals surface area (Å²) in [7, 11) is 1.50. The maximum Gasteiger partial charge on any atom is 0.437 e. The minimum absolute atomic E-state index is 0.105. The minimum atomic E-state index is -0.656. The molecule has 1 aliphatic rings. The van der Waals surface area contributed by atoms with Gasteiger partial charge in [0.1, 0.15) is 11.6 Å². The topological polar surface area (TPSA) is 94.6 Å². The van der Waals surface area contributed by atoms with E-state index in [2.05, 4.69) is 5.10 Å². The number of fused-ring (bicyclic) bond motifs is 1. The summed E-state index contributed by atoms with van der Waals surface area (Å²) in [6.45, 7) is 0.309. The van der Waals surface area contributed by atoms with Crippen LogP contribution in [0.3, 0.4) is 0 Å². The van der Waals surface area contributed by atoms with Crippen LogP contribution in [-0.2, 0) is 6.54 Å². The Balaban J connectivity index is 1.32. The number of hydrogen-bond donors (Lipinski definition) is 0. The Morgan fingerprint density at radius 2 is 1.57 bits per heavy atom. The molecule has 0 fully saturated rings. The third kappa shape index (κ3) is 4.12. The zero-order valence-corrected chi connectivity index (χ0v) is 18.7. The fourth-order valence-corrected chi connectivity index (χ4v) is 4.11. The Hall–Kier alpha value is -4.53. The van der Waals surface area contributed by atoms with Crippen molar-refractivity contribution in [2.75, 3.05) is 13.7 Å². The number of benzene rings is 3. The summed E-state index contributed by atoms with van der Waals surface area (Å²) < 4.78 is 25.6. The van der Waals surface area contributed by atoms with Crippen molar-refractivity contribution >= 4 is 11.8 Å². The summed E-state index contributed by atoms with van der Waals surface area (Å²) in [5.41, 5.74) is 2.52. The van der Waals surface area contributed by atoms with E-state index in [1.165, 1.54) is 24.1 Å². The lowest BCUT2D eigenvalue weighted by molar-refractivity contribution is 0.0650. The van der Waals surface area contributed by atoms with Gasteiger partial charge in [-0.2, -0.15) is 4.68 Å². The molecule has 0 saturated heterocycles. The molecular weight excluding hydrogens is 453 g/mol. The highest BCUT2D eigenvalue weighted by atomic mass is 19.1. The number of imide groups is 1. The van der Waals surface area contributed by atoms with Gasteiger partial charge in [0.15, 0.2) is 0 Å². The van der Waals surface area contributed by atoms with Gasteiger partial charge in [-0.15, -0.1) is 5.10 Å². The third-order valence-corrected chi connectivity index (χ3v) is 5.82. The van der Waals surface area contributed by atoms with Crippen LogP contribution in [0, 0.1) is 5.82 Å². The van der Waals surface area contributed by atoms with Crippen molar-refractivity contribution in [1.29, 1.82) is 0 Å². The quantitative estimate of drug-likeness (QED) is 0.377. The number of carbonyl (C=O) groups excluding carboxylic acids is 2. The van der Waals surface area contributed by atoms with E-state index in [0.717, 1.165) is 4.68 Å². The van der Waals surface area contributed by atoms with Crippen LogP contribution < -0.4 is 10.5 Å². The lowest BCUT2D eigenvalue weighted by atomic mass is 10.0. The van der Waals surface area contributed by atoms with E-state index in [9.17, 15) is 18.8 Å². The predicted octanol–water partition coefficient (Wildman–Crippen LogP) is 4.00. The molecule has 35 heavy (non-hydrogen) atoms. The Morgan fingerprint density at radius 3 is 2.29 bits per heavy atom. The number of amides is 2. The van der Waals surface area contributed by atoms with Crippen LogP contribution in [0.1, 0.15) is 27.1 Å². The third-order valence-electron chi connectivity index (χ3n) is 5.82. The normalized spacial score (nSPS) is 12.8. The van der Waals surface area contributed by atoms with E-state index in [1.54, 1.807) is 54.6 Å². The first-order chi connectivity index (χ1) is 17.0. The van der Waals surface area contributed by atoms with E-state index >= 15 is 0 Å². The Kier molecular flexibility index (Phi) is 5.74. The zero-order chi connectivity index (χ0) is 24.5. The number of aryl methyl sites for hydroxylation is 1. The number of aromatic nitrogens is 2. The molecule has 0 aliphatic carbocycles. The molecule has 5 rings (SSSR count). The van der Waals surface area contributed by atoms with Crippen molar-refractivity contribution < 1.29 is 23.1 Å². The maximum absolute atomic E-state index is 13.8. The molecule has 0 N–H and O–H groups in total. The molecule has 0 spiro atoms. The summed E-state index contributed by atoms with van der Waals surface area (Å²) in [5, 5.41) is 4.26. The highest BCUT2D eigenvalue weighted by molar-refractivity contribution is 6.21. The van der Waals surface area contributed by atoms with Gasteiger partial charge in [-0.25, -0.2) is 9.18 Å². The van der Waals surface area contributed by atoms with Crippen LogP contribution in [0.15, 0.2) is 75.9 Å². The average Bonchev–Trinajstić information content (AvgIpc) is 3.36. The Morgan fingerprint density at radius 1 is 0.857 bits per heavy atom. The van der Waals surface area contributed by atoms with Crippen LogP contribution >= 0.6 is 0 Å². The SMILES string of the molecule is COc1ccc(F)cc1-c1cccc(-c2nn(CCCN3C(=O)c4ccccc4C3=O)c(=O)o2)c1. The molecule has 9 heteroatoms. The summed E-state index contributed by atoms with van der Waals surface area (Å²) in [6, 6.07) is 17.9. The molecule has 0 atom stereocenters. The van der Waals surface area contributed by atoms with E-state index < -0.39 is 11.6 Å². The van der Waals surface area contributed by atoms with Crippen molar-refractivity contribution in [2.45, 2.75) is 13.0 Å². The van der Waals surface area contributed by atoms with Gasteiger partial charge in [-0.05, 0) is 54.4 Å². The monoisotopic (exact) mass is 473 g/mol. The Bertz CT molecular complexity index is 1470. The molecule has 0 radical (unpaired) electrons. The van der Waals surface area contributed by atoms with Crippen molar-refractivity contribution in [3.63, 3.8) is 0 Å². The minimum Gasteiger partial charge on any atom is -0.496 e. The number of halogens is 1. The number of carbonyl (C=O) groups is 2. The zero-order valence-electron chi connectivity index (χ0n) is 18.7. The lowest BCUT2D eigenvalue weighted by Crippen LogP contribution is -2.32. The molecule has 0 unspecified atom stereocenters. The maximum atomic E-state index is 13.8. The molecule has 176 valence electrons. The highest BCUT2D eigenvalue weighted by Crippen LogP contribution is 2.32. The molecule has 2 heterocycles. The first kappa shape index (κ1) is 22.3. The average molecular weight is 473 g/mol. The number of methoxy groups -OCH3 is 1. The molecular formula is C26H20FN3O5. The standard InChI is InChI=1S/C26H20FN3O5/c1-34-22-11-10-18(27)15-21(22)16-6-4-7-17(14-16)23-28-30(26(33)35-23)13-5-12-29-24(31)19-8-2-3-9-20(19)25(29)32/h2-4,6-11,14-15H,5,12-13H2,1H3. The van der Waals surface area contributed by atoms with Crippen molar-refractivity contribution in [2.24, 2.45) is 0 Å². The second-order valence-electron chi connectivity index (χ2n) is 7.98. The van der Waals surface area contributed by atoms with Crippen molar-refractivity contribution in [3.8, 4) is 28.3 Å². The second kappa shape index (κ2) is 9.02. The molecule has 1 aliphatic heterocycles. The summed E-state index contributed by atoms with van der Waals surface area (Å²) in [4.78, 5) is 38.5. The van der Waals surface area contributed by atoms with Gasteiger partial charge in [0.25, 0.3) is 11.8 Å². The van der Waals surface area contributed by atoms with E-state index in [1.807, 2.05) is 0 Å². The number of rotatable bonds is 7. The van der Waals surface area contributed by atoms with E-state index in [-0.39, 0.29) is 30.8 Å². The first-order valence-electron chi connectivity index (χ1n) is 10.9. The van der Waals surface area contributed by atoms with Gasteiger partial charge < -0.3 is 9.15 Å². The fourth-order valence-electron chi connectivity index (χ4n) is 4.11. The van der Waals surface area contributed by atoms with Crippen LogP contribution in [-0.4, -0.2) is 40.1 Å². The summed E-state index contributed by atoms with van der Waals surface area (Å²) in [6.07, 6.45) is 0.331. The number of hydrogen-bond acceptors (Lipinski definition) is 6. The van der Waals surface area contributed by atoms with Gasteiger partial charge in [0.05, 0.1) is 18.2 Å². The van der Waals surface area contributed by atoms with E-state index in [0.29, 0.717) is 40.0 Å². The van der Waals surface area contributed by atoms with Crippen LogP contribution in [0.25, 0.3) is 22.6 Å². The molecule has 0 saturated carbocycles. The Labute approximate surface area is 199 Å². The van der Waals surface area contributed by atoms with E-state index in [4.69, 9.17) is 9.15 Å². The predicted molar refractivity (Wildman–Crippen MR) is 125 cm³/mol. The molecule has 1 aromatic heterocycles. The van der Waals surface area contributed by atoms with Gasteiger partial charge >= 0.3 is 5.76 Å². The van der Waals surface area contributed by atoms with Crippen LogP contribution in [0.5, 0.6) is 5.75 Å². The molecule has 3 aromatic carbocycles. The first-order valence-corrected chi connectivity index (χ1v) is 10.9.